The highest BCUT2D eigenvalue weighted by Crippen LogP contribution is 1.96. The van der Waals surface area contributed by atoms with Crippen LogP contribution in [0.4, 0.5) is 0 Å². The zero-order chi connectivity index (χ0) is 7.66. The quantitative estimate of drug-likeness (QED) is 0.349. The van der Waals surface area contributed by atoms with Gasteiger partial charge in [-0.3, -0.25) is 0 Å². The van der Waals surface area contributed by atoms with Crippen LogP contribution >= 0.6 is 0 Å². The molecular weight excluding hydrogens is 126 g/mol. The minimum Gasteiger partial charge on any atom is -0.330 e. The molecule has 0 aliphatic rings. The lowest BCUT2D eigenvalue weighted by molar-refractivity contribution is 0.597. The van der Waals surface area contributed by atoms with Gasteiger partial charge >= 0.3 is 0 Å². The molecule has 0 aliphatic carbocycles. The summed E-state index contributed by atoms with van der Waals surface area (Å²) < 4.78 is 0. The fraction of sp³-hybridized carbons (Fsp3) is 1.00. The van der Waals surface area contributed by atoms with Gasteiger partial charge in [0, 0.05) is 6.67 Å². The van der Waals surface area contributed by atoms with Gasteiger partial charge in [0.15, 0.2) is 0 Å². The van der Waals surface area contributed by atoms with Gasteiger partial charge in [0.05, 0.1) is 0 Å². The topological polar surface area (TPSA) is 64.1 Å². The summed E-state index contributed by atoms with van der Waals surface area (Å²) >= 11 is 0. The number of hydrogen-bond donors (Lipinski definition) is 3. The molecular formula is C7H19N3. The van der Waals surface area contributed by atoms with Gasteiger partial charge < -0.3 is 16.8 Å². The molecule has 0 aromatic rings. The van der Waals surface area contributed by atoms with Crippen LogP contribution in [-0.2, 0) is 0 Å². The second kappa shape index (κ2) is 8.88. The molecule has 0 atom stereocenters. The van der Waals surface area contributed by atoms with Crippen molar-refractivity contribution in [3.8, 4) is 0 Å². The Morgan fingerprint density at radius 1 is 0.900 bits per heavy atom. The van der Waals surface area contributed by atoms with Crippen LogP contribution in [0.1, 0.15) is 25.7 Å². The Hall–Kier alpha value is -0.120. The summed E-state index contributed by atoms with van der Waals surface area (Å²) in [7, 11) is 0. The third-order valence-electron chi connectivity index (χ3n) is 1.45. The van der Waals surface area contributed by atoms with Gasteiger partial charge in [0.25, 0.3) is 0 Å². The van der Waals surface area contributed by atoms with E-state index in [1.165, 1.54) is 19.3 Å². The molecule has 0 rings (SSSR count). The summed E-state index contributed by atoms with van der Waals surface area (Å²) in [5.41, 5.74) is 10.6. The van der Waals surface area contributed by atoms with Gasteiger partial charge in [0.2, 0.25) is 0 Å². The van der Waals surface area contributed by atoms with E-state index in [0.717, 1.165) is 19.5 Å². The maximum absolute atomic E-state index is 5.33. The molecule has 0 aromatic carbocycles. The fourth-order valence-corrected chi connectivity index (χ4v) is 0.850. The molecule has 3 heteroatoms. The molecule has 0 amide bonds. The zero-order valence-electron chi connectivity index (χ0n) is 6.60. The van der Waals surface area contributed by atoms with Crippen molar-refractivity contribution in [1.29, 1.82) is 0 Å². The molecule has 0 aliphatic heterocycles. The number of rotatable bonds is 7. The Bertz CT molecular complexity index is 48.8. The van der Waals surface area contributed by atoms with Crippen LogP contribution < -0.4 is 16.8 Å². The molecule has 0 saturated heterocycles. The fourth-order valence-electron chi connectivity index (χ4n) is 0.850. The molecule has 0 heterocycles. The van der Waals surface area contributed by atoms with E-state index in [1.807, 2.05) is 0 Å². The van der Waals surface area contributed by atoms with Gasteiger partial charge in [-0.1, -0.05) is 12.8 Å². The lowest BCUT2D eigenvalue weighted by Gasteiger charge is -1.99. The van der Waals surface area contributed by atoms with Crippen LogP contribution in [0.2, 0.25) is 0 Å². The minimum absolute atomic E-state index is 0.594. The summed E-state index contributed by atoms with van der Waals surface area (Å²) in [6.07, 6.45) is 4.90. The van der Waals surface area contributed by atoms with Crippen LogP contribution in [0.25, 0.3) is 0 Å². The van der Waals surface area contributed by atoms with E-state index in [1.54, 1.807) is 0 Å². The van der Waals surface area contributed by atoms with Crippen LogP contribution in [0.3, 0.4) is 0 Å². The average Bonchev–Trinajstić information content (AvgIpc) is 1.97. The zero-order valence-corrected chi connectivity index (χ0v) is 6.60. The molecule has 0 aromatic heterocycles. The van der Waals surface area contributed by atoms with Crippen LogP contribution in [0.15, 0.2) is 0 Å². The van der Waals surface area contributed by atoms with Crippen molar-refractivity contribution in [2.75, 3.05) is 19.8 Å². The van der Waals surface area contributed by atoms with E-state index in [2.05, 4.69) is 5.32 Å². The Labute approximate surface area is 63.2 Å². The van der Waals surface area contributed by atoms with E-state index < -0.39 is 0 Å². The summed E-state index contributed by atoms with van der Waals surface area (Å²) in [4.78, 5) is 0. The maximum Gasteiger partial charge on any atom is 0.0428 e. The van der Waals surface area contributed by atoms with Gasteiger partial charge in [-0.05, 0) is 25.9 Å². The lowest BCUT2D eigenvalue weighted by atomic mass is 10.2. The molecule has 0 radical (unpaired) electrons. The first-order valence-corrected chi connectivity index (χ1v) is 4.02. The van der Waals surface area contributed by atoms with Crippen molar-refractivity contribution in [2.45, 2.75) is 25.7 Å². The maximum atomic E-state index is 5.33. The Kier molecular flexibility index (Phi) is 8.77. The average molecular weight is 145 g/mol. The van der Waals surface area contributed by atoms with E-state index in [0.29, 0.717) is 6.67 Å². The molecule has 0 unspecified atom stereocenters. The largest absolute Gasteiger partial charge is 0.330 e. The molecule has 0 saturated carbocycles. The summed E-state index contributed by atoms with van der Waals surface area (Å²) in [6.45, 7) is 2.46. The second-order valence-electron chi connectivity index (χ2n) is 2.41. The first-order chi connectivity index (χ1) is 4.91. The molecule has 3 nitrogen and oxygen atoms in total. The van der Waals surface area contributed by atoms with Crippen molar-refractivity contribution in [2.24, 2.45) is 11.5 Å². The molecule has 62 valence electrons. The lowest BCUT2D eigenvalue weighted by Crippen LogP contribution is -2.23. The van der Waals surface area contributed by atoms with Crippen LogP contribution in [0.5, 0.6) is 0 Å². The molecule has 0 spiro atoms. The highest BCUT2D eigenvalue weighted by molar-refractivity contribution is 4.46. The van der Waals surface area contributed by atoms with Crippen LogP contribution in [0, 0.1) is 0 Å². The highest BCUT2D eigenvalue weighted by Gasteiger charge is 1.86. The van der Waals surface area contributed by atoms with Gasteiger partial charge in [-0.2, -0.15) is 0 Å². The third kappa shape index (κ3) is 7.88. The van der Waals surface area contributed by atoms with E-state index >= 15 is 0 Å². The number of unbranched alkanes of at least 4 members (excludes halogenated alkanes) is 3. The number of nitrogens with one attached hydrogen (secondary N) is 1. The SMILES string of the molecule is NCCCCCCNCN. The summed E-state index contributed by atoms with van der Waals surface area (Å²) in [5, 5.41) is 3.07. The van der Waals surface area contributed by atoms with Crippen LogP contribution in [-0.4, -0.2) is 19.8 Å². The minimum atomic E-state index is 0.594. The van der Waals surface area contributed by atoms with Crippen molar-refractivity contribution in [3.63, 3.8) is 0 Å². The molecule has 0 fully saturated rings. The van der Waals surface area contributed by atoms with Crippen molar-refractivity contribution < 1.29 is 0 Å². The van der Waals surface area contributed by atoms with E-state index in [-0.39, 0.29) is 0 Å². The predicted molar refractivity (Wildman–Crippen MR) is 44.6 cm³/mol. The standard InChI is InChI=1S/C7H19N3/c8-5-3-1-2-4-6-10-7-9/h10H,1-9H2. The Morgan fingerprint density at radius 3 is 2.20 bits per heavy atom. The third-order valence-corrected chi connectivity index (χ3v) is 1.45. The van der Waals surface area contributed by atoms with E-state index in [9.17, 15) is 0 Å². The highest BCUT2D eigenvalue weighted by atomic mass is 14.9. The van der Waals surface area contributed by atoms with Gasteiger partial charge in [0.1, 0.15) is 0 Å². The summed E-state index contributed by atoms with van der Waals surface area (Å²) in [5.74, 6) is 0. The smallest absolute Gasteiger partial charge is 0.0428 e. The molecule has 10 heavy (non-hydrogen) atoms. The molecule has 0 bridgehead atoms. The second-order valence-corrected chi connectivity index (χ2v) is 2.41. The monoisotopic (exact) mass is 145 g/mol. The first-order valence-electron chi connectivity index (χ1n) is 4.02. The van der Waals surface area contributed by atoms with Gasteiger partial charge in [-0.25, -0.2) is 0 Å². The Balaban J connectivity index is 2.65. The number of nitrogens with two attached hydrogens (primary N) is 2. The van der Waals surface area contributed by atoms with E-state index in [4.69, 9.17) is 11.5 Å². The Morgan fingerprint density at radius 2 is 1.60 bits per heavy atom. The van der Waals surface area contributed by atoms with Crippen molar-refractivity contribution in [1.82, 2.24) is 5.32 Å². The predicted octanol–water partition coefficient (Wildman–Crippen LogP) is 0.0113. The molecule has 5 N–H and O–H groups in total. The van der Waals surface area contributed by atoms with Gasteiger partial charge in [-0.15, -0.1) is 0 Å². The van der Waals surface area contributed by atoms with Crippen molar-refractivity contribution in [3.05, 3.63) is 0 Å². The number of hydrogen-bond acceptors (Lipinski definition) is 3. The summed E-state index contributed by atoms with van der Waals surface area (Å²) in [6, 6.07) is 0. The first kappa shape index (κ1) is 9.88. The van der Waals surface area contributed by atoms with Crippen molar-refractivity contribution >= 4 is 0 Å². The normalized spacial score (nSPS) is 10.2.